The van der Waals surface area contributed by atoms with Gasteiger partial charge in [0.2, 0.25) is 5.91 Å². The van der Waals surface area contributed by atoms with Gasteiger partial charge in [0.1, 0.15) is 6.04 Å². The molecule has 2 aromatic carbocycles. The highest BCUT2D eigenvalue weighted by Crippen LogP contribution is 2.25. The molecule has 2 aromatic rings. The van der Waals surface area contributed by atoms with Crippen LogP contribution in [0.2, 0.25) is 10.0 Å². The number of aliphatic carboxylic acids is 1. The third kappa shape index (κ3) is 7.09. The van der Waals surface area contributed by atoms with Crippen LogP contribution >= 0.6 is 23.2 Å². The zero-order chi connectivity index (χ0) is 19.8. The molecule has 0 spiro atoms. The van der Waals surface area contributed by atoms with E-state index in [0.29, 0.717) is 28.8 Å². The summed E-state index contributed by atoms with van der Waals surface area (Å²) in [7, 11) is 0. The van der Waals surface area contributed by atoms with Crippen molar-refractivity contribution in [2.45, 2.75) is 19.4 Å². The van der Waals surface area contributed by atoms with Crippen LogP contribution in [-0.4, -0.2) is 31.0 Å². The molecule has 0 fully saturated rings. The lowest BCUT2D eigenvalue weighted by atomic mass is 10.2. The summed E-state index contributed by atoms with van der Waals surface area (Å²) in [6.07, 6.45) is -0.215. The van der Waals surface area contributed by atoms with Crippen molar-refractivity contribution >= 4 is 46.5 Å². The molecule has 8 heteroatoms. The van der Waals surface area contributed by atoms with E-state index in [2.05, 4.69) is 10.6 Å². The van der Waals surface area contributed by atoms with Crippen LogP contribution in [0.3, 0.4) is 0 Å². The summed E-state index contributed by atoms with van der Waals surface area (Å²) < 4.78 is 0. The molecular weight excluding hydrogens is 389 g/mol. The van der Waals surface area contributed by atoms with E-state index in [9.17, 15) is 14.7 Å². The van der Waals surface area contributed by atoms with E-state index < -0.39 is 17.9 Å². The molecule has 0 saturated carbocycles. The van der Waals surface area contributed by atoms with Gasteiger partial charge in [0.05, 0.1) is 35.5 Å². The van der Waals surface area contributed by atoms with E-state index in [1.54, 1.807) is 17.4 Å². The average Bonchev–Trinajstić information content (AvgIpc) is 2.60. The van der Waals surface area contributed by atoms with Gasteiger partial charge in [0, 0.05) is 11.4 Å². The molecule has 0 aliphatic rings. The lowest BCUT2D eigenvalue weighted by molar-refractivity contribution is -0.680. The third-order valence-corrected chi connectivity index (χ3v) is 4.59. The second-order valence-corrected chi connectivity index (χ2v) is 6.94. The van der Waals surface area contributed by atoms with Gasteiger partial charge in [-0.15, -0.1) is 0 Å². The van der Waals surface area contributed by atoms with E-state index in [4.69, 9.17) is 23.2 Å². The predicted octanol–water partition coefficient (Wildman–Crippen LogP) is 1.42. The first-order chi connectivity index (χ1) is 12.8. The van der Waals surface area contributed by atoms with Crippen molar-refractivity contribution < 1.29 is 20.0 Å². The standard InChI is InChI=1S/C19H21Cl2N3O3/c1-12-3-2-4-13(9-12)22-7-8-23-17(19(26)27)11-18(25)24-14-5-6-15(20)16(21)10-14/h2-6,9-10,17,22-23H,7-8,11H2,1H3,(H,24,25)(H,26,27)/t17-/m1/s1. The smallest absolute Gasteiger partial charge is 0.230 e. The number of hydrogen-bond donors (Lipinski definition) is 3. The van der Waals surface area contributed by atoms with Crippen LogP contribution in [0.25, 0.3) is 0 Å². The number of quaternary nitrogens is 1. The van der Waals surface area contributed by atoms with Crippen LogP contribution < -0.4 is 21.1 Å². The Hall–Kier alpha value is -2.28. The molecule has 1 amide bonds. The minimum atomic E-state index is -1.28. The fourth-order valence-electron chi connectivity index (χ4n) is 2.50. The van der Waals surface area contributed by atoms with Gasteiger partial charge in [-0.05, 0) is 42.8 Å². The van der Waals surface area contributed by atoms with Crippen molar-refractivity contribution in [2.75, 3.05) is 23.7 Å². The van der Waals surface area contributed by atoms with Gasteiger partial charge in [0.25, 0.3) is 0 Å². The van der Waals surface area contributed by atoms with Gasteiger partial charge in [-0.3, -0.25) is 4.79 Å². The molecule has 1 atom stereocenters. The summed E-state index contributed by atoms with van der Waals surface area (Å²) in [6, 6.07) is 11.6. The van der Waals surface area contributed by atoms with E-state index >= 15 is 0 Å². The molecule has 0 saturated heterocycles. The van der Waals surface area contributed by atoms with Gasteiger partial charge in [0.15, 0.2) is 0 Å². The number of benzene rings is 2. The summed E-state index contributed by atoms with van der Waals surface area (Å²) >= 11 is 11.7. The number of hydrogen-bond acceptors (Lipinski definition) is 4. The first-order valence-electron chi connectivity index (χ1n) is 8.45. The van der Waals surface area contributed by atoms with Crippen molar-refractivity contribution in [3.8, 4) is 0 Å². The van der Waals surface area contributed by atoms with Crippen LogP contribution in [0, 0.1) is 6.92 Å². The molecule has 0 unspecified atom stereocenters. The number of halogens is 2. The molecule has 0 heterocycles. The minimum absolute atomic E-state index is 0.215. The lowest BCUT2D eigenvalue weighted by Crippen LogP contribution is -2.94. The molecule has 4 N–H and O–H groups in total. The molecule has 2 rings (SSSR count). The van der Waals surface area contributed by atoms with Gasteiger partial charge >= 0.3 is 0 Å². The highest BCUT2D eigenvalue weighted by molar-refractivity contribution is 6.42. The van der Waals surface area contributed by atoms with Crippen LogP contribution in [0.15, 0.2) is 42.5 Å². The Kier molecular flexibility index (Phi) is 7.91. The molecule has 0 bridgehead atoms. The third-order valence-electron chi connectivity index (χ3n) is 3.85. The van der Waals surface area contributed by atoms with Crippen LogP contribution in [0.4, 0.5) is 11.4 Å². The van der Waals surface area contributed by atoms with Crippen molar-refractivity contribution in [3.05, 3.63) is 58.1 Å². The fraction of sp³-hybridized carbons (Fsp3) is 0.263. The van der Waals surface area contributed by atoms with Crippen LogP contribution in [-0.2, 0) is 9.59 Å². The van der Waals surface area contributed by atoms with E-state index in [-0.39, 0.29) is 6.42 Å². The molecule has 0 radical (unpaired) electrons. The van der Waals surface area contributed by atoms with Crippen molar-refractivity contribution in [3.63, 3.8) is 0 Å². The number of rotatable bonds is 9. The van der Waals surface area contributed by atoms with Gasteiger partial charge in [-0.2, -0.15) is 0 Å². The van der Waals surface area contributed by atoms with E-state index in [0.717, 1.165) is 11.3 Å². The number of carbonyl (C=O) groups excluding carboxylic acids is 2. The SMILES string of the molecule is Cc1cccc(NCC[NH2+][C@H](CC(=O)Nc2ccc(Cl)c(Cl)c2)C(=O)[O-])c1. The number of amides is 1. The van der Waals surface area contributed by atoms with E-state index in [1.807, 2.05) is 31.2 Å². The number of anilines is 2. The largest absolute Gasteiger partial charge is 0.544 e. The Balaban J connectivity index is 1.81. The Bertz CT molecular complexity index is 815. The second kappa shape index (κ2) is 10.2. The Labute approximate surface area is 167 Å². The topological polar surface area (TPSA) is 97.9 Å². The first-order valence-corrected chi connectivity index (χ1v) is 9.20. The van der Waals surface area contributed by atoms with Crippen molar-refractivity contribution in [2.24, 2.45) is 0 Å². The van der Waals surface area contributed by atoms with Crippen LogP contribution in [0.1, 0.15) is 12.0 Å². The monoisotopic (exact) mass is 409 g/mol. The summed E-state index contributed by atoms with van der Waals surface area (Å²) in [4.78, 5) is 23.4. The molecule has 0 aliphatic heterocycles. The average molecular weight is 410 g/mol. The van der Waals surface area contributed by atoms with Gasteiger partial charge in [-0.25, -0.2) is 0 Å². The van der Waals surface area contributed by atoms with Gasteiger partial charge < -0.3 is 25.9 Å². The quantitative estimate of drug-likeness (QED) is 0.545. The number of nitrogens with one attached hydrogen (secondary N) is 2. The molecule has 6 nitrogen and oxygen atoms in total. The summed E-state index contributed by atoms with van der Waals surface area (Å²) in [6.45, 7) is 3.03. The predicted molar refractivity (Wildman–Crippen MR) is 105 cm³/mol. The molecule has 0 aromatic heterocycles. The van der Waals surface area contributed by atoms with Crippen molar-refractivity contribution in [1.82, 2.24) is 0 Å². The van der Waals surface area contributed by atoms with Gasteiger partial charge in [-0.1, -0.05) is 35.3 Å². The van der Waals surface area contributed by atoms with Crippen molar-refractivity contribution in [1.29, 1.82) is 0 Å². The summed E-state index contributed by atoms with van der Waals surface area (Å²) in [5, 5.41) is 19.4. The van der Waals surface area contributed by atoms with E-state index in [1.165, 1.54) is 6.07 Å². The normalized spacial score (nSPS) is 11.7. The highest BCUT2D eigenvalue weighted by Gasteiger charge is 2.18. The molecule has 144 valence electrons. The lowest BCUT2D eigenvalue weighted by Gasteiger charge is -2.17. The Morgan fingerprint density at radius 1 is 1.11 bits per heavy atom. The molecular formula is C19H21Cl2N3O3. The number of carbonyl (C=O) groups is 2. The Morgan fingerprint density at radius 3 is 2.56 bits per heavy atom. The molecule has 0 aliphatic carbocycles. The highest BCUT2D eigenvalue weighted by atomic mass is 35.5. The maximum Gasteiger partial charge on any atom is 0.230 e. The first kappa shape index (κ1) is 21.0. The number of carboxylic acid groups (broad SMARTS) is 1. The van der Waals surface area contributed by atoms with Crippen LogP contribution in [0.5, 0.6) is 0 Å². The maximum absolute atomic E-state index is 12.1. The second-order valence-electron chi connectivity index (χ2n) is 6.13. The number of nitrogens with two attached hydrogens (primary N) is 1. The minimum Gasteiger partial charge on any atom is -0.544 e. The zero-order valence-electron chi connectivity index (χ0n) is 14.8. The maximum atomic E-state index is 12.1. The summed E-state index contributed by atoms with van der Waals surface area (Å²) in [5.41, 5.74) is 2.55. The summed E-state index contributed by atoms with van der Waals surface area (Å²) in [5.74, 6) is -1.72. The number of aryl methyl sites for hydroxylation is 1. The number of carboxylic acids is 1. The fourth-order valence-corrected chi connectivity index (χ4v) is 2.80. The molecule has 27 heavy (non-hydrogen) atoms. The zero-order valence-corrected chi connectivity index (χ0v) is 16.3. The Morgan fingerprint density at radius 2 is 1.89 bits per heavy atom.